The van der Waals surface area contributed by atoms with Gasteiger partial charge in [-0.2, -0.15) is 0 Å². The van der Waals surface area contributed by atoms with Gasteiger partial charge in [-0.1, -0.05) is 54.5 Å². The third-order valence-corrected chi connectivity index (χ3v) is 4.77. The fourth-order valence-corrected chi connectivity index (χ4v) is 3.32. The number of fused-ring (bicyclic) bond motifs is 1. The first-order valence-electron chi connectivity index (χ1n) is 8.94. The fraction of sp³-hybridized carbons (Fsp3) is 0.0833. The summed E-state index contributed by atoms with van der Waals surface area (Å²) in [6, 6.07) is 20.8. The smallest absolute Gasteiger partial charge is 0.171 e. The van der Waals surface area contributed by atoms with Gasteiger partial charge in [-0.15, -0.1) is 6.42 Å². The number of aliphatic hydroxyl groups is 1. The van der Waals surface area contributed by atoms with Crippen LogP contribution in [0.25, 0.3) is 16.6 Å². The van der Waals surface area contributed by atoms with Crippen molar-refractivity contribution in [3.8, 4) is 23.5 Å². The quantitative estimate of drug-likeness (QED) is 0.546. The van der Waals surface area contributed by atoms with Crippen LogP contribution in [0.15, 0.2) is 79.3 Å². The van der Waals surface area contributed by atoms with Crippen LogP contribution in [0.5, 0.6) is 0 Å². The Hall–Kier alpha value is -3.68. The topological polar surface area (TPSA) is 54.6 Å². The van der Waals surface area contributed by atoms with Crippen LogP contribution in [0, 0.1) is 12.3 Å². The van der Waals surface area contributed by atoms with E-state index in [1.54, 1.807) is 29.1 Å². The Bertz CT molecular complexity index is 1170. The number of imidazole rings is 1. The van der Waals surface area contributed by atoms with E-state index in [1.807, 2.05) is 54.6 Å². The van der Waals surface area contributed by atoms with Gasteiger partial charge in [0.15, 0.2) is 11.9 Å². The molecule has 0 saturated carbocycles. The molecule has 28 heavy (non-hydrogen) atoms. The Kier molecular flexibility index (Phi) is 4.76. The molecule has 4 aromatic rings. The van der Waals surface area contributed by atoms with Crippen molar-refractivity contribution in [3.63, 3.8) is 0 Å². The fourth-order valence-electron chi connectivity index (χ4n) is 3.32. The first-order valence-corrected chi connectivity index (χ1v) is 8.94. The number of ketones is 1. The van der Waals surface area contributed by atoms with Crippen LogP contribution in [-0.4, -0.2) is 20.3 Å². The van der Waals surface area contributed by atoms with Crippen LogP contribution < -0.4 is 0 Å². The molecule has 0 amide bonds. The van der Waals surface area contributed by atoms with Crippen molar-refractivity contribution in [2.75, 3.05) is 0 Å². The Morgan fingerprint density at radius 3 is 2.54 bits per heavy atom. The average Bonchev–Trinajstić information content (AvgIpc) is 3.22. The highest BCUT2D eigenvalue weighted by Gasteiger charge is 2.24. The van der Waals surface area contributed by atoms with Crippen molar-refractivity contribution in [1.82, 2.24) is 9.38 Å². The lowest BCUT2D eigenvalue weighted by molar-refractivity contribution is -0.126. The number of terminal acetylenes is 1. The summed E-state index contributed by atoms with van der Waals surface area (Å²) >= 11 is 0. The van der Waals surface area contributed by atoms with Crippen molar-refractivity contribution in [2.24, 2.45) is 0 Å². The van der Waals surface area contributed by atoms with Gasteiger partial charge in [0, 0.05) is 17.5 Å². The molecule has 4 rings (SSSR count). The zero-order valence-electron chi connectivity index (χ0n) is 15.1. The first-order chi connectivity index (χ1) is 13.7. The summed E-state index contributed by atoms with van der Waals surface area (Å²) in [7, 11) is 0. The lowest BCUT2D eigenvalue weighted by atomic mass is 9.96. The largest absolute Gasteiger partial charge is 0.379 e. The molecule has 2 aromatic heterocycles. The van der Waals surface area contributed by atoms with Gasteiger partial charge in [-0.25, -0.2) is 4.98 Å². The van der Waals surface area contributed by atoms with E-state index in [4.69, 9.17) is 6.42 Å². The molecular formula is C24H18N2O2. The van der Waals surface area contributed by atoms with Crippen molar-refractivity contribution in [2.45, 2.75) is 12.5 Å². The molecule has 4 heteroatoms. The van der Waals surface area contributed by atoms with Crippen molar-refractivity contribution >= 4 is 11.3 Å². The molecule has 0 saturated heterocycles. The van der Waals surface area contributed by atoms with E-state index in [0.29, 0.717) is 5.69 Å². The maximum absolute atomic E-state index is 12.9. The molecule has 0 aliphatic carbocycles. The lowest BCUT2D eigenvalue weighted by Gasteiger charge is -2.17. The monoisotopic (exact) mass is 366 g/mol. The molecule has 1 unspecified atom stereocenters. The van der Waals surface area contributed by atoms with Crippen LogP contribution in [0.2, 0.25) is 0 Å². The SMILES string of the molecule is C#Cc1ccc(CC(=O)C(O)c2c(-c3ccccc3)ccc3cncn23)cc1. The van der Waals surface area contributed by atoms with Gasteiger partial charge in [0.1, 0.15) is 0 Å². The number of pyridine rings is 1. The number of aliphatic hydroxyl groups excluding tert-OH is 1. The second kappa shape index (κ2) is 7.51. The highest BCUT2D eigenvalue weighted by molar-refractivity contribution is 5.88. The molecule has 2 aromatic carbocycles. The van der Waals surface area contributed by atoms with Crippen molar-refractivity contribution in [3.05, 3.63) is 96.1 Å². The molecule has 2 heterocycles. The predicted octanol–water partition coefficient (Wildman–Crippen LogP) is 3.83. The normalized spacial score (nSPS) is 11.9. The van der Waals surface area contributed by atoms with Gasteiger partial charge in [-0.05, 0) is 29.3 Å². The van der Waals surface area contributed by atoms with Gasteiger partial charge in [0.05, 0.1) is 23.7 Å². The highest BCUT2D eigenvalue weighted by Crippen LogP contribution is 2.30. The summed E-state index contributed by atoms with van der Waals surface area (Å²) in [5.74, 6) is 2.27. The summed E-state index contributed by atoms with van der Waals surface area (Å²) in [6.07, 6.45) is 7.54. The summed E-state index contributed by atoms with van der Waals surface area (Å²) in [5, 5.41) is 11.0. The Labute approximate surface area is 163 Å². The predicted molar refractivity (Wildman–Crippen MR) is 109 cm³/mol. The van der Waals surface area contributed by atoms with E-state index in [9.17, 15) is 9.90 Å². The molecule has 0 spiro atoms. The van der Waals surface area contributed by atoms with Crippen LogP contribution in [0.3, 0.4) is 0 Å². The number of rotatable bonds is 5. The van der Waals surface area contributed by atoms with Crippen molar-refractivity contribution in [1.29, 1.82) is 0 Å². The Morgan fingerprint density at radius 1 is 1.07 bits per heavy atom. The lowest BCUT2D eigenvalue weighted by Crippen LogP contribution is -2.18. The van der Waals surface area contributed by atoms with Crippen LogP contribution in [0.1, 0.15) is 22.9 Å². The number of carbonyl (C=O) groups excluding carboxylic acids is 1. The van der Waals surface area contributed by atoms with E-state index in [0.717, 1.165) is 27.8 Å². The standard InChI is InChI=1S/C24H18N2O2/c1-2-17-8-10-18(11-9-17)14-22(27)24(28)23-21(19-6-4-3-5-7-19)13-12-20-15-25-16-26(20)23/h1,3-13,15-16,24,28H,14H2. The number of hydrogen-bond acceptors (Lipinski definition) is 3. The molecule has 0 aliphatic rings. The zero-order chi connectivity index (χ0) is 19.5. The van der Waals surface area contributed by atoms with Gasteiger partial charge >= 0.3 is 0 Å². The summed E-state index contributed by atoms with van der Waals surface area (Å²) in [5.41, 5.74) is 4.63. The zero-order valence-corrected chi connectivity index (χ0v) is 15.1. The second-order valence-corrected chi connectivity index (χ2v) is 6.57. The minimum Gasteiger partial charge on any atom is -0.379 e. The van der Waals surface area contributed by atoms with E-state index < -0.39 is 6.10 Å². The minimum atomic E-state index is -1.28. The maximum Gasteiger partial charge on any atom is 0.171 e. The second-order valence-electron chi connectivity index (χ2n) is 6.57. The summed E-state index contributed by atoms with van der Waals surface area (Å²) in [4.78, 5) is 17.1. The molecular weight excluding hydrogens is 348 g/mol. The Balaban J connectivity index is 1.73. The molecule has 0 bridgehead atoms. The molecule has 1 atom stereocenters. The molecule has 136 valence electrons. The molecule has 4 nitrogen and oxygen atoms in total. The third kappa shape index (κ3) is 3.32. The Morgan fingerprint density at radius 2 is 1.82 bits per heavy atom. The molecule has 0 aliphatic heterocycles. The number of benzene rings is 2. The molecule has 1 N–H and O–H groups in total. The number of aromatic nitrogens is 2. The number of hydrogen-bond donors (Lipinski definition) is 1. The van der Waals surface area contributed by atoms with E-state index in [2.05, 4.69) is 10.9 Å². The maximum atomic E-state index is 12.9. The summed E-state index contributed by atoms with van der Waals surface area (Å²) in [6.45, 7) is 0. The minimum absolute atomic E-state index is 0.116. The van der Waals surface area contributed by atoms with Crippen LogP contribution >= 0.6 is 0 Å². The van der Waals surface area contributed by atoms with E-state index in [-0.39, 0.29) is 12.2 Å². The summed E-state index contributed by atoms with van der Waals surface area (Å²) < 4.78 is 1.77. The van der Waals surface area contributed by atoms with Gasteiger partial charge in [0.25, 0.3) is 0 Å². The van der Waals surface area contributed by atoms with Crippen LogP contribution in [-0.2, 0) is 11.2 Å². The van der Waals surface area contributed by atoms with Gasteiger partial charge in [0.2, 0.25) is 0 Å². The average molecular weight is 366 g/mol. The highest BCUT2D eigenvalue weighted by atomic mass is 16.3. The van der Waals surface area contributed by atoms with E-state index >= 15 is 0 Å². The van der Waals surface area contributed by atoms with Gasteiger partial charge in [-0.3, -0.25) is 9.20 Å². The first kappa shape index (κ1) is 17.7. The number of Topliss-reactive ketones (excluding diaryl/α,β-unsaturated/α-hetero) is 1. The van der Waals surface area contributed by atoms with Gasteiger partial charge < -0.3 is 5.11 Å². The third-order valence-electron chi connectivity index (χ3n) is 4.77. The van der Waals surface area contributed by atoms with Crippen molar-refractivity contribution < 1.29 is 9.90 Å². The molecule has 0 fully saturated rings. The number of nitrogens with zero attached hydrogens (tertiary/aromatic N) is 2. The van der Waals surface area contributed by atoms with E-state index in [1.165, 1.54) is 0 Å². The number of carbonyl (C=O) groups is 1. The van der Waals surface area contributed by atoms with Crippen LogP contribution in [0.4, 0.5) is 0 Å². The molecule has 0 radical (unpaired) electrons.